The standard InChI is InChI=1S/C55H58Cl2N8O11/c56-37-10-4-8-33-44(37)35-28-36-40(29-38(35)57)62-53(73)55(36)46(33)47(64-54(55)18-2-1-3-19-54)50(70)61-32-14-12-31(13-15-32)48(68)59-21-7-23-75-25-27-76-26-24-74-22-6-20-58-43(67)30-60-39-11-5-9-34-45(39)52(72)65(51(34)71)41-16-17-42(66)63-49(41)69/h4-5,8-15,28-29,41,46-47,60,64H,1-3,6-7,16-27,30H2,(H,58,67)(H,59,68)(H,61,70)(H,62,73)(H,63,66,69)/t41?,46-,47+,55+/m0/s1. The van der Waals surface area contributed by atoms with Crippen molar-refractivity contribution in [3.05, 3.63) is 111 Å². The number of nitrogens with zero attached hydrogens (tertiary/aromatic N) is 1. The van der Waals surface area contributed by atoms with Crippen LogP contribution in [0.2, 0.25) is 10.0 Å². The highest BCUT2D eigenvalue weighted by atomic mass is 35.5. The van der Waals surface area contributed by atoms with Gasteiger partial charge in [-0.25, -0.2) is 0 Å². The van der Waals surface area contributed by atoms with Gasteiger partial charge in [0.1, 0.15) is 11.5 Å². The molecule has 1 saturated carbocycles. The van der Waals surface area contributed by atoms with Gasteiger partial charge in [0.15, 0.2) is 0 Å². The molecule has 4 heterocycles. The van der Waals surface area contributed by atoms with Crippen molar-refractivity contribution in [1.29, 1.82) is 0 Å². The summed E-state index contributed by atoms with van der Waals surface area (Å²) in [6, 6.07) is 18.9. The number of anilines is 3. The Kier molecular flexibility index (Phi) is 15.6. The van der Waals surface area contributed by atoms with Gasteiger partial charge in [-0.2, -0.15) is 0 Å². The molecule has 19 nitrogen and oxygen atoms in total. The van der Waals surface area contributed by atoms with Crippen LogP contribution in [0.3, 0.4) is 0 Å². The Morgan fingerprint density at radius 1 is 0.724 bits per heavy atom. The third kappa shape index (κ3) is 9.84. The molecule has 0 radical (unpaired) electrons. The lowest BCUT2D eigenvalue weighted by Crippen LogP contribution is -2.60. The third-order valence-corrected chi connectivity index (χ3v) is 16.0. The van der Waals surface area contributed by atoms with E-state index in [9.17, 15) is 38.4 Å². The molecule has 0 aromatic heterocycles. The number of ether oxygens (including phenoxy) is 3. The summed E-state index contributed by atoms with van der Waals surface area (Å²) in [5.41, 5.74) is 3.45. The molecule has 1 unspecified atom stereocenters. The number of halogens is 2. The average molecular weight is 1080 g/mol. The zero-order valence-corrected chi connectivity index (χ0v) is 43.1. The Labute approximate surface area is 448 Å². The molecule has 398 valence electrons. The highest BCUT2D eigenvalue weighted by Gasteiger charge is 2.73. The van der Waals surface area contributed by atoms with Crippen molar-refractivity contribution in [1.82, 2.24) is 26.2 Å². The number of imide groups is 2. The summed E-state index contributed by atoms with van der Waals surface area (Å²) in [4.78, 5) is 106. The van der Waals surface area contributed by atoms with E-state index in [4.69, 9.17) is 37.4 Å². The number of carbonyl (C=O) groups excluding carboxylic acids is 8. The molecule has 8 amide bonds. The van der Waals surface area contributed by atoms with E-state index in [0.717, 1.165) is 59.3 Å². The van der Waals surface area contributed by atoms with Gasteiger partial charge in [0, 0.05) is 83.0 Å². The predicted octanol–water partition coefficient (Wildman–Crippen LogP) is 5.45. The fraction of sp³-hybridized carbons (Fsp3) is 0.418. The van der Waals surface area contributed by atoms with Crippen molar-refractivity contribution in [2.24, 2.45) is 0 Å². The monoisotopic (exact) mass is 1080 g/mol. The fourth-order valence-electron chi connectivity index (χ4n) is 12.0. The summed E-state index contributed by atoms with van der Waals surface area (Å²) in [6.07, 6.45) is 5.52. The van der Waals surface area contributed by atoms with Gasteiger partial charge in [-0.3, -0.25) is 53.9 Å². The van der Waals surface area contributed by atoms with Crippen molar-refractivity contribution in [3.8, 4) is 11.1 Å². The van der Waals surface area contributed by atoms with E-state index >= 15 is 0 Å². The van der Waals surface area contributed by atoms with Gasteiger partial charge < -0.3 is 40.8 Å². The van der Waals surface area contributed by atoms with E-state index in [1.807, 2.05) is 30.3 Å². The molecule has 10 rings (SSSR count). The SMILES string of the molecule is O=C(CNc1cccc2c1C(=O)N(C1CCC(=O)NC1=O)C2=O)NCCCOCCOCCOCCCNC(=O)c1ccc(NC(=O)[C@@H]2NC3(CCCCC3)[C@]34C(=O)Nc5cc(Cl)c(cc53)-c3c(Cl)cccc3[C@@H]24)cc1. The van der Waals surface area contributed by atoms with E-state index in [2.05, 4.69) is 37.2 Å². The number of amides is 8. The minimum Gasteiger partial charge on any atom is -0.379 e. The number of nitrogens with one attached hydrogen (secondary N) is 7. The lowest BCUT2D eigenvalue weighted by atomic mass is 9.56. The van der Waals surface area contributed by atoms with Crippen LogP contribution >= 0.6 is 23.2 Å². The highest BCUT2D eigenvalue weighted by molar-refractivity contribution is 6.37. The lowest BCUT2D eigenvalue weighted by molar-refractivity contribution is -0.136. The second-order valence-electron chi connectivity index (χ2n) is 19.8. The first-order valence-electron chi connectivity index (χ1n) is 25.8. The summed E-state index contributed by atoms with van der Waals surface area (Å²) in [6.45, 7) is 2.82. The maximum Gasteiger partial charge on any atom is 0.264 e. The van der Waals surface area contributed by atoms with Crippen molar-refractivity contribution in [2.75, 3.05) is 75.2 Å². The second-order valence-corrected chi connectivity index (χ2v) is 20.6. The van der Waals surface area contributed by atoms with Gasteiger partial charge in [0.25, 0.3) is 17.7 Å². The van der Waals surface area contributed by atoms with Crippen LogP contribution in [-0.2, 0) is 43.6 Å². The Morgan fingerprint density at radius 2 is 1.42 bits per heavy atom. The molecule has 4 aromatic rings. The summed E-state index contributed by atoms with van der Waals surface area (Å²) in [7, 11) is 0. The van der Waals surface area contributed by atoms with Crippen LogP contribution in [0.25, 0.3) is 11.1 Å². The summed E-state index contributed by atoms with van der Waals surface area (Å²) >= 11 is 13.8. The number of carbonyl (C=O) groups is 8. The molecular weight excluding hydrogens is 1020 g/mol. The molecule has 2 bridgehead atoms. The third-order valence-electron chi connectivity index (χ3n) is 15.4. The molecule has 2 spiro atoms. The van der Waals surface area contributed by atoms with E-state index in [0.29, 0.717) is 92.6 Å². The molecule has 21 heteroatoms. The quantitative estimate of drug-likeness (QED) is 0.0406. The highest BCUT2D eigenvalue weighted by Crippen LogP contribution is 2.66. The summed E-state index contributed by atoms with van der Waals surface area (Å²) in [5.74, 6) is -4.06. The minimum atomic E-state index is -1.09. The Hall–Kier alpha value is -6.74. The number of rotatable bonds is 21. The number of piperidine rings is 1. The van der Waals surface area contributed by atoms with Crippen molar-refractivity contribution in [3.63, 3.8) is 0 Å². The first-order chi connectivity index (χ1) is 36.8. The van der Waals surface area contributed by atoms with E-state index in [-0.39, 0.29) is 59.8 Å². The lowest BCUT2D eigenvalue weighted by Gasteiger charge is -2.46. The van der Waals surface area contributed by atoms with Crippen LogP contribution in [0.15, 0.2) is 72.8 Å². The van der Waals surface area contributed by atoms with E-state index in [1.54, 1.807) is 36.4 Å². The van der Waals surface area contributed by atoms with Crippen LogP contribution in [0.5, 0.6) is 0 Å². The van der Waals surface area contributed by atoms with Gasteiger partial charge in [-0.05, 0) is 97.8 Å². The number of hydrogen-bond donors (Lipinski definition) is 7. The smallest absolute Gasteiger partial charge is 0.264 e. The van der Waals surface area contributed by atoms with Gasteiger partial charge in [0.2, 0.25) is 29.5 Å². The molecule has 6 aliphatic rings. The molecule has 7 N–H and O–H groups in total. The second kappa shape index (κ2) is 22.5. The molecule has 4 atom stereocenters. The van der Waals surface area contributed by atoms with Crippen LogP contribution in [0, 0.1) is 0 Å². The van der Waals surface area contributed by atoms with Gasteiger partial charge >= 0.3 is 0 Å². The van der Waals surface area contributed by atoms with E-state index in [1.165, 1.54) is 6.07 Å². The van der Waals surface area contributed by atoms with Gasteiger partial charge in [-0.1, -0.05) is 60.7 Å². The van der Waals surface area contributed by atoms with Crippen LogP contribution < -0.4 is 37.2 Å². The Morgan fingerprint density at radius 3 is 2.14 bits per heavy atom. The zero-order valence-electron chi connectivity index (χ0n) is 41.6. The zero-order chi connectivity index (χ0) is 53.1. The average Bonchev–Trinajstić information content (AvgIpc) is 4.14. The maximum atomic E-state index is 14.6. The molecule has 3 fully saturated rings. The Bertz CT molecular complexity index is 3000. The molecule has 76 heavy (non-hydrogen) atoms. The number of benzene rings is 4. The minimum absolute atomic E-state index is 0.0152. The van der Waals surface area contributed by atoms with Crippen molar-refractivity contribution >= 4 is 87.5 Å². The van der Waals surface area contributed by atoms with Crippen molar-refractivity contribution < 1.29 is 52.6 Å². The topological polar surface area (TPSA) is 252 Å². The van der Waals surface area contributed by atoms with Gasteiger partial charge in [0.05, 0.1) is 55.2 Å². The molecule has 2 aliphatic carbocycles. The van der Waals surface area contributed by atoms with Crippen LogP contribution in [-0.4, -0.2) is 129 Å². The first kappa shape index (κ1) is 52.7. The summed E-state index contributed by atoms with van der Waals surface area (Å²) in [5, 5.41) is 21.8. The maximum absolute atomic E-state index is 14.6. The number of hydrogen-bond acceptors (Lipinski definition) is 13. The largest absolute Gasteiger partial charge is 0.379 e. The molecular formula is C55H58Cl2N8O11. The number of fused-ring (bicyclic) bond motifs is 5. The molecule has 4 aromatic carbocycles. The summed E-state index contributed by atoms with van der Waals surface area (Å²) < 4.78 is 16.8. The van der Waals surface area contributed by atoms with E-state index < -0.39 is 52.6 Å². The van der Waals surface area contributed by atoms with Crippen molar-refractivity contribution in [2.45, 2.75) is 86.7 Å². The molecule has 4 aliphatic heterocycles. The molecule has 2 saturated heterocycles. The Balaban J connectivity index is 0.597. The normalized spacial score (nSPS) is 21.6. The van der Waals surface area contributed by atoms with Crippen LogP contribution in [0.1, 0.15) is 106 Å². The van der Waals surface area contributed by atoms with Gasteiger partial charge in [-0.15, -0.1) is 0 Å². The fourth-order valence-corrected chi connectivity index (χ4v) is 12.6. The first-order valence-corrected chi connectivity index (χ1v) is 26.6. The van der Waals surface area contributed by atoms with Crippen LogP contribution in [0.4, 0.5) is 17.1 Å². The predicted molar refractivity (Wildman–Crippen MR) is 281 cm³/mol.